The SMILES string of the molecule is Cc1cccc2cc(C(=O)C3CCC(CN)CC3)oc12. The van der Waals surface area contributed by atoms with Crippen molar-refractivity contribution in [3.63, 3.8) is 0 Å². The number of Topliss-reactive ketones (excluding diaryl/α,β-unsaturated/α-hetero) is 1. The van der Waals surface area contributed by atoms with Crippen molar-refractivity contribution in [3.8, 4) is 0 Å². The van der Waals surface area contributed by atoms with Gasteiger partial charge in [0.05, 0.1) is 0 Å². The van der Waals surface area contributed by atoms with E-state index in [2.05, 4.69) is 0 Å². The van der Waals surface area contributed by atoms with Gasteiger partial charge in [0.25, 0.3) is 0 Å². The molecule has 0 radical (unpaired) electrons. The summed E-state index contributed by atoms with van der Waals surface area (Å²) in [5.41, 5.74) is 7.62. The predicted molar refractivity (Wildman–Crippen MR) is 79.8 cm³/mol. The molecule has 1 saturated carbocycles. The van der Waals surface area contributed by atoms with Gasteiger partial charge in [-0.25, -0.2) is 0 Å². The monoisotopic (exact) mass is 271 g/mol. The van der Waals surface area contributed by atoms with Gasteiger partial charge in [-0.1, -0.05) is 18.2 Å². The highest BCUT2D eigenvalue weighted by Crippen LogP contribution is 2.32. The van der Waals surface area contributed by atoms with E-state index >= 15 is 0 Å². The first kappa shape index (κ1) is 13.4. The molecule has 0 unspecified atom stereocenters. The predicted octanol–water partition coefficient (Wildman–Crippen LogP) is 3.69. The minimum Gasteiger partial charge on any atom is -0.453 e. The summed E-state index contributed by atoms with van der Waals surface area (Å²) in [4.78, 5) is 12.6. The van der Waals surface area contributed by atoms with Gasteiger partial charge in [0.15, 0.2) is 5.76 Å². The summed E-state index contributed by atoms with van der Waals surface area (Å²) in [5.74, 6) is 1.39. The number of hydrogen-bond acceptors (Lipinski definition) is 3. The van der Waals surface area contributed by atoms with Crippen molar-refractivity contribution in [2.24, 2.45) is 17.6 Å². The van der Waals surface area contributed by atoms with E-state index in [1.165, 1.54) is 0 Å². The Morgan fingerprint density at radius 2 is 2.05 bits per heavy atom. The molecule has 3 rings (SSSR count). The Balaban J connectivity index is 1.81. The van der Waals surface area contributed by atoms with Crippen LogP contribution in [-0.4, -0.2) is 12.3 Å². The second-order valence-electron chi connectivity index (χ2n) is 5.92. The number of fused-ring (bicyclic) bond motifs is 1. The van der Waals surface area contributed by atoms with Crippen molar-refractivity contribution in [2.45, 2.75) is 32.6 Å². The van der Waals surface area contributed by atoms with Gasteiger partial charge in [0.2, 0.25) is 5.78 Å². The van der Waals surface area contributed by atoms with Crippen molar-refractivity contribution in [2.75, 3.05) is 6.54 Å². The molecular weight excluding hydrogens is 250 g/mol. The number of nitrogens with two attached hydrogens (primary N) is 1. The van der Waals surface area contributed by atoms with Gasteiger partial charge in [-0.05, 0) is 56.7 Å². The fraction of sp³-hybridized carbons (Fsp3) is 0.471. The molecule has 3 nitrogen and oxygen atoms in total. The molecule has 106 valence electrons. The molecule has 1 heterocycles. The Hall–Kier alpha value is -1.61. The molecule has 1 aromatic heterocycles. The number of para-hydroxylation sites is 1. The summed E-state index contributed by atoms with van der Waals surface area (Å²) >= 11 is 0. The molecule has 1 aromatic carbocycles. The number of benzene rings is 1. The third kappa shape index (κ3) is 2.38. The van der Waals surface area contributed by atoms with Crippen molar-refractivity contribution >= 4 is 16.8 Å². The number of rotatable bonds is 3. The molecule has 0 atom stereocenters. The molecule has 0 amide bonds. The molecule has 0 saturated heterocycles. The smallest absolute Gasteiger partial charge is 0.201 e. The second kappa shape index (κ2) is 5.41. The average Bonchev–Trinajstić information content (AvgIpc) is 2.92. The number of aryl methyl sites for hydroxylation is 1. The standard InChI is InChI=1S/C17H21NO2/c1-11-3-2-4-14-9-15(20-17(11)14)16(19)13-7-5-12(10-18)6-8-13/h2-4,9,12-13H,5-8,10,18H2,1H3. The van der Waals surface area contributed by atoms with Crippen LogP contribution in [0.3, 0.4) is 0 Å². The lowest BCUT2D eigenvalue weighted by Crippen LogP contribution is -2.25. The molecule has 1 fully saturated rings. The van der Waals surface area contributed by atoms with Gasteiger partial charge >= 0.3 is 0 Å². The van der Waals surface area contributed by atoms with Crippen LogP contribution in [0.5, 0.6) is 0 Å². The van der Waals surface area contributed by atoms with Crippen LogP contribution < -0.4 is 5.73 Å². The Morgan fingerprint density at radius 3 is 2.70 bits per heavy atom. The first-order valence-corrected chi connectivity index (χ1v) is 7.42. The highest BCUT2D eigenvalue weighted by Gasteiger charge is 2.28. The zero-order valence-electron chi connectivity index (χ0n) is 11.9. The van der Waals surface area contributed by atoms with Gasteiger partial charge in [-0.15, -0.1) is 0 Å². The molecule has 1 aliphatic rings. The normalized spacial score (nSPS) is 23.1. The second-order valence-corrected chi connectivity index (χ2v) is 5.92. The fourth-order valence-corrected chi connectivity index (χ4v) is 3.19. The molecule has 3 heteroatoms. The van der Waals surface area contributed by atoms with Crippen LogP contribution in [0.25, 0.3) is 11.0 Å². The third-order valence-corrected chi connectivity index (χ3v) is 4.53. The van der Waals surface area contributed by atoms with Crippen molar-refractivity contribution in [1.29, 1.82) is 0 Å². The van der Waals surface area contributed by atoms with Crippen LogP contribution in [0.4, 0.5) is 0 Å². The van der Waals surface area contributed by atoms with Gasteiger partial charge in [0.1, 0.15) is 5.58 Å². The third-order valence-electron chi connectivity index (χ3n) is 4.53. The summed E-state index contributed by atoms with van der Waals surface area (Å²) in [7, 11) is 0. The number of ketones is 1. The highest BCUT2D eigenvalue weighted by molar-refractivity contribution is 5.99. The van der Waals surface area contributed by atoms with Crippen LogP contribution in [0.15, 0.2) is 28.7 Å². The minimum atomic E-state index is 0.110. The zero-order valence-corrected chi connectivity index (χ0v) is 11.9. The summed E-state index contributed by atoms with van der Waals surface area (Å²) in [6.45, 7) is 2.75. The van der Waals surface area contributed by atoms with Crippen LogP contribution in [0.2, 0.25) is 0 Å². The summed E-state index contributed by atoms with van der Waals surface area (Å²) < 4.78 is 5.79. The lowest BCUT2D eigenvalue weighted by atomic mass is 9.79. The number of furan rings is 1. The first-order chi connectivity index (χ1) is 9.69. The lowest BCUT2D eigenvalue weighted by molar-refractivity contribution is 0.0847. The van der Waals surface area contributed by atoms with Gasteiger partial charge in [0, 0.05) is 11.3 Å². The molecule has 2 aromatic rings. The Labute approximate surface area is 119 Å². The number of carbonyl (C=O) groups excluding carboxylic acids is 1. The van der Waals surface area contributed by atoms with E-state index in [-0.39, 0.29) is 11.7 Å². The van der Waals surface area contributed by atoms with Crippen molar-refractivity contribution < 1.29 is 9.21 Å². The van der Waals surface area contributed by atoms with E-state index in [0.717, 1.165) is 48.8 Å². The van der Waals surface area contributed by atoms with Crippen LogP contribution in [0, 0.1) is 18.8 Å². The molecular formula is C17H21NO2. The van der Waals surface area contributed by atoms with E-state index in [1.807, 2.05) is 31.2 Å². The van der Waals surface area contributed by atoms with Crippen molar-refractivity contribution in [3.05, 3.63) is 35.6 Å². The quantitative estimate of drug-likeness (QED) is 0.866. The van der Waals surface area contributed by atoms with Crippen LogP contribution >= 0.6 is 0 Å². The number of carbonyl (C=O) groups is 1. The zero-order chi connectivity index (χ0) is 14.1. The van der Waals surface area contributed by atoms with Gasteiger partial charge in [-0.3, -0.25) is 4.79 Å². The number of hydrogen-bond donors (Lipinski definition) is 1. The molecule has 0 aliphatic heterocycles. The van der Waals surface area contributed by atoms with E-state index in [4.69, 9.17) is 10.2 Å². The summed E-state index contributed by atoms with van der Waals surface area (Å²) in [5, 5.41) is 1.02. The largest absolute Gasteiger partial charge is 0.453 e. The summed E-state index contributed by atoms with van der Waals surface area (Å²) in [6.07, 6.45) is 4.01. The minimum absolute atomic E-state index is 0.110. The fourth-order valence-electron chi connectivity index (χ4n) is 3.19. The van der Waals surface area contributed by atoms with E-state index in [0.29, 0.717) is 11.7 Å². The Morgan fingerprint density at radius 1 is 1.30 bits per heavy atom. The van der Waals surface area contributed by atoms with E-state index in [9.17, 15) is 4.79 Å². The maximum absolute atomic E-state index is 12.6. The lowest BCUT2D eigenvalue weighted by Gasteiger charge is -2.25. The maximum atomic E-state index is 12.6. The topological polar surface area (TPSA) is 56.2 Å². The molecule has 2 N–H and O–H groups in total. The van der Waals surface area contributed by atoms with Gasteiger partial charge < -0.3 is 10.2 Å². The Bertz CT molecular complexity index is 621. The Kier molecular flexibility index (Phi) is 3.62. The van der Waals surface area contributed by atoms with E-state index in [1.54, 1.807) is 0 Å². The molecule has 0 bridgehead atoms. The maximum Gasteiger partial charge on any atom is 0.201 e. The van der Waals surface area contributed by atoms with Crippen LogP contribution in [-0.2, 0) is 0 Å². The van der Waals surface area contributed by atoms with Crippen LogP contribution in [0.1, 0.15) is 41.8 Å². The van der Waals surface area contributed by atoms with Crippen molar-refractivity contribution in [1.82, 2.24) is 0 Å². The summed E-state index contributed by atoms with van der Waals surface area (Å²) in [6, 6.07) is 7.88. The molecule has 1 aliphatic carbocycles. The highest BCUT2D eigenvalue weighted by atomic mass is 16.3. The first-order valence-electron chi connectivity index (χ1n) is 7.42. The molecule has 20 heavy (non-hydrogen) atoms. The van der Waals surface area contributed by atoms with E-state index < -0.39 is 0 Å². The average molecular weight is 271 g/mol. The van der Waals surface area contributed by atoms with Gasteiger partial charge in [-0.2, -0.15) is 0 Å². The molecule has 0 spiro atoms.